The highest BCUT2D eigenvalue weighted by atomic mass is 19.4. The van der Waals surface area contributed by atoms with Crippen molar-refractivity contribution >= 4 is 11.7 Å². The molecule has 1 saturated heterocycles. The van der Waals surface area contributed by atoms with E-state index in [9.17, 15) is 18.0 Å². The van der Waals surface area contributed by atoms with Crippen molar-refractivity contribution in [3.8, 4) is 11.4 Å². The lowest BCUT2D eigenvalue weighted by atomic mass is 9.71. The van der Waals surface area contributed by atoms with E-state index in [4.69, 9.17) is 0 Å². The van der Waals surface area contributed by atoms with E-state index in [0.717, 1.165) is 30.8 Å². The fraction of sp³-hybridized carbons (Fsp3) is 0.375. The molecule has 174 valence electrons. The second kappa shape index (κ2) is 7.22. The molecule has 0 aromatic carbocycles. The van der Waals surface area contributed by atoms with Crippen molar-refractivity contribution in [3.63, 3.8) is 0 Å². The van der Waals surface area contributed by atoms with Gasteiger partial charge >= 0.3 is 6.18 Å². The summed E-state index contributed by atoms with van der Waals surface area (Å²) in [7, 11) is 0. The average molecular weight is 466 g/mol. The maximum Gasteiger partial charge on any atom is 0.417 e. The topological polar surface area (TPSA) is 83.9 Å². The largest absolute Gasteiger partial charge is 0.417 e. The molecule has 0 radical (unpaired) electrons. The number of anilines is 1. The standard InChI is InChI=1S/C24H21F3N6O/c1-13-3-5-16(21-28-7-2-8-29-21)19(31-13)22(34)33-12-15-9-23(15)10-17(20(23)33)32-18-6-4-14(11-30-18)24(25,26)27/h2-8,11,15,17,20H,9-10,12H2,1H3,(H,30,32). The number of pyridine rings is 2. The molecule has 7 nitrogen and oxygen atoms in total. The van der Waals surface area contributed by atoms with Gasteiger partial charge in [0.05, 0.1) is 17.2 Å². The molecule has 6 rings (SSSR count). The molecule has 1 N–H and O–H groups in total. The summed E-state index contributed by atoms with van der Waals surface area (Å²) in [5.74, 6) is 1.09. The van der Waals surface area contributed by atoms with Gasteiger partial charge in [0, 0.05) is 36.9 Å². The summed E-state index contributed by atoms with van der Waals surface area (Å²) in [6, 6.07) is 7.58. The average Bonchev–Trinajstić information content (AvgIpc) is 3.47. The van der Waals surface area contributed by atoms with Gasteiger partial charge in [-0.25, -0.2) is 19.9 Å². The molecule has 1 amide bonds. The first-order valence-electron chi connectivity index (χ1n) is 11.1. The minimum absolute atomic E-state index is 0.0547. The Morgan fingerprint density at radius 3 is 2.62 bits per heavy atom. The van der Waals surface area contributed by atoms with Crippen molar-refractivity contribution in [1.29, 1.82) is 0 Å². The monoisotopic (exact) mass is 466 g/mol. The van der Waals surface area contributed by atoms with Crippen molar-refractivity contribution in [1.82, 2.24) is 24.8 Å². The van der Waals surface area contributed by atoms with Gasteiger partial charge in [-0.05, 0) is 61.4 Å². The van der Waals surface area contributed by atoms with Crippen LogP contribution in [0.2, 0.25) is 0 Å². The maximum absolute atomic E-state index is 13.7. The quantitative estimate of drug-likeness (QED) is 0.626. The van der Waals surface area contributed by atoms with E-state index in [0.29, 0.717) is 35.4 Å². The van der Waals surface area contributed by atoms with Crippen molar-refractivity contribution in [3.05, 3.63) is 65.9 Å². The van der Waals surface area contributed by atoms with Crippen LogP contribution in [0.3, 0.4) is 0 Å². The molecule has 4 atom stereocenters. The number of nitrogens with zero attached hydrogens (tertiary/aromatic N) is 5. The highest BCUT2D eigenvalue weighted by Gasteiger charge is 2.75. The summed E-state index contributed by atoms with van der Waals surface area (Å²) in [6.07, 6.45) is 1.58. The minimum Gasteiger partial charge on any atom is -0.365 e. The van der Waals surface area contributed by atoms with E-state index < -0.39 is 11.7 Å². The number of rotatable bonds is 4. The van der Waals surface area contributed by atoms with Gasteiger partial charge in [0.1, 0.15) is 11.5 Å². The van der Waals surface area contributed by atoms with Crippen LogP contribution in [0.15, 0.2) is 48.9 Å². The van der Waals surface area contributed by atoms with Crippen LogP contribution < -0.4 is 5.32 Å². The Bertz CT molecular complexity index is 1270. The number of piperidine rings is 1. The van der Waals surface area contributed by atoms with E-state index in [1.54, 1.807) is 18.5 Å². The van der Waals surface area contributed by atoms with Crippen LogP contribution in [0.5, 0.6) is 0 Å². The molecule has 3 aliphatic rings. The number of carbonyl (C=O) groups is 1. The molecule has 3 aromatic rings. The van der Waals surface area contributed by atoms with Crippen molar-refractivity contribution < 1.29 is 18.0 Å². The smallest absolute Gasteiger partial charge is 0.365 e. The molecule has 2 aliphatic carbocycles. The molecule has 1 spiro atoms. The lowest BCUT2D eigenvalue weighted by Gasteiger charge is -2.48. The Labute approximate surface area is 193 Å². The zero-order chi connectivity index (χ0) is 23.7. The van der Waals surface area contributed by atoms with Crippen LogP contribution in [0.25, 0.3) is 11.4 Å². The fourth-order valence-corrected chi connectivity index (χ4v) is 5.67. The summed E-state index contributed by atoms with van der Waals surface area (Å²) >= 11 is 0. The first kappa shape index (κ1) is 21.0. The number of amides is 1. The maximum atomic E-state index is 13.7. The van der Waals surface area contributed by atoms with E-state index in [-0.39, 0.29) is 23.4 Å². The lowest BCUT2D eigenvalue weighted by Crippen LogP contribution is -2.60. The minimum atomic E-state index is -4.43. The summed E-state index contributed by atoms with van der Waals surface area (Å²) in [6.45, 7) is 2.48. The van der Waals surface area contributed by atoms with Gasteiger partial charge in [-0.15, -0.1) is 0 Å². The zero-order valence-electron chi connectivity index (χ0n) is 18.3. The van der Waals surface area contributed by atoms with Crippen LogP contribution in [-0.4, -0.2) is 49.4 Å². The Hall–Kier alpha value is -3.56. The van der Waals surface area contributed by atoms with E-state index >= 15 is 0 Å². The van der Waals surface area contributed by atoms with Crippen LogP contribution >= 0.6 is 0 Å². The van der Waals surface area contributed by atoms with Crippen LogP contribution in [0.4, 0.5) is 19.0 Å². The van der Waals surface area contributed by atoms with Crippen LogP contribution in [0.1, 0.15) is 34.6 Å². The van der Waals surface area contributed by atoms with E-state index in [1.807, 2.05) is 24.0 Å². The highest BCUT2D eigenvalue weighted by molar-refractivity contribution is 5.99. The Morgan fingerprint density at radius 2 is 1.91 bits per heavy atom. The number of aromatic nitrogens is 4. The number of alkyl halides is 3. The predicted molar refractivity (Wildman–Crippen MR) is 117 cm³/mol. The van der Waals surface area contributed by atoms with Gasteiger partial charge in [-0.1, -0.05) is 0 Å². The predicted octanol–water partition coefficient (Wildman–Crippen LogP) is 3.98. The number of likely N-dealkylation sites (tertiary alicyclic amines) is 1. The molecule has 4 heterocycles. The normalized spacial score (nSPS) is 26.9. The van der Waals surface area contributed by atoms with Crippen molar-refractivity contribution in [2.24, 2.45) is 11.3 Å². The van der Waals surface area contributed by atoms with Crippen molar-refractivity contribution in [2.45, 2.75) is 38.0 Å². The van der Waals surface area contributed by atoms with Crippen LogP contribution in [0, 0.1) is 18.3 Å². The number of hydrogen-bond acceptors (Lipinski definition) is 6. The lowest BCUT2D eigenvalue weighted by molar-refractivity contribution is -0.137. The second-order valence-electron chi connectivity index (χ2n) is 9.34. The first-order valence-corrected chi connectivity index (χ1v) is 11.1. The molecule has 3 aromatic heterocycles. The number of carbonyl (C=O) groups excluding carboxylic acids is 1. The van der Waals surface area contributed by atoms with Gasteiger partial charge in [0.2, 0.25) is 0 Å². The summed E-state index contributed by atoms with van der Waals surface area (Å²) < 4.78 is 38.6. The number of hydrogen-bond donors (Lipinski definition) is 1. The fourth-order valence-electron chi connectivity index (χ4n) is 5.67. The van der Waals surface area contributed by atoms with Gasteiger partial charge in [-0.2, -0.15) is 13.2 Å². The first-order chi connectivity index (χ1) is 16.3. The molecular weight excluding hydrogens is 445 g/mol. The molecule has 34 heavy (non-hydrogen) atoms. The Kier molecular flexibility index (Phi) is 4.46. The summed E-state index contributed by atoms with van der Waals surface area (Å²) in [4.78, 5) is 32.7. The molecule has 0 bridgehead atoms. The summed E-state index contributed by atoms with van der Waals surface area (Å²) in [5, 5.41) is 3.26. The van der Waals surface area contributed by atoms with E-state index in [2.05, 4.69) is 25.3 Å². The Morgan fingerprint density at radius 1 is 1.12 bits per heavy atom. The number of halogens is 3. The summed E-state index contributed by atoms with van der Waals surface area (Å²) in [5.41, 5.74) is 0.926. The Balaban J connectivity index is 1.26. The SMILES string of the molecule is Cc1ccc(-c2ncccn2)c(C(=O)N2CC3CC34CC(Nc3ccc(C(F)(F)F)cn3)C24)n1. The molecule has 2 saturated carbocycles. The number of aryl methyl sites for hydroxylation is 1. The third kappa shape index (κ3) is 3.23. The van der Waals surface area contributed by atoms with Crippen molar-refractivity contribution in [2.75, 3.05) is 11.9 Å². The third-order valence-electron chi connectivity index (χ3n) is 7.33. The molecular formula is C24H21F3N6O. The molecule has 3 fully saturated rings. The van der Waals surface area contributed by atoms with Gasteiger partial charge in [-0.3, -0.25) is 4.79 Å². The van der Waals surface area contributed by atoms with Gasteiger partial charge in [0.25, 0.3) is 5.91 Å². The molecule has 1 aliphatic heterocycles. The van der Waals surface area contributed by atoms with Gasteiger partial charge < -0.3 is 10.2 Å². The zero-order valence-corrected chi connectivity index (χ0v) is 18.3. The van der Waals surface area contributed by atoms with E-state index in [1.165, 1.54) is 6.07 Å². The van der Waals surface area contributed by atoms with Gasteiger partial charge in [0.15, 0.2) is 5.82 Å². The third-order valence-corrected chi connectivity index (χ3v) is 7.33. The van der Waals surface area contributed by atoms with Crippen LogP contribution in [-0.2, 0) is 6.18 Å². The molecule has 10 heteroatoms. The number of nitrogens with one attached hydrogen (secondary N) is 1. The molecule has 4 unspecified atom stereocenters. The highest BCUT2D eigenvalue weighted by Crippen LogP contribution is 2.71. The second-order valence-corrected chi connectivity index (χ2v) is 9.34.